The average Bonchev–Trinajstić information content (AvgIpc) is 2.48. The maximum Gasteiger partial charge on any atom is 0.200 e. The third-order valence-electron chi connectivity index (χ3n) is 1.92. The van der Waals surface area contributed by atoms with E-state index < -0.39 is 5.81 Å². The Hall–Kier alpha value is -0.465. The van der Waals surface area contributed by atoms with Gasteiger partial charge < -0.3 is 5.32 Å². The molecule has 1 aliphatic carbocycles. The summed E-state index contributed by atoms with van der Waals surface area (Å²) in [5.41, 5.74) is 0.0891. The first-order chi connectivity index (χ1) is 4.18. The second-order valence-corrected chi connectivity index (χ2v) is 2.62. The molecule has 0 atom stereocenters. The van der Waals surface area contributed by atoms with E-state index in [-0.39, 0.29) is 5.54 Å². The lowest BCUT2D eigenvalue weighted by Gasteiger charge is -2.12. The Morgan fingerprint density at radius 1 is 1.78 bits per heavy atom. The Kier molecular flexibility index (Phi) is 1.51. The van der Waals surface area contributed by atoms with Crippen LogP contribution in [0.1, 0.15) is 26.2 Å². The van der Waals surface area contributed by atoms with Crippen molar-refractivity contribution in [3.05, 3.63) is 0 Å². The Labute approximate surface area is 56.4 Å². The fourth-order valence-corrected chi connectivity index (χ4v) is 0.979. The van der Waals surface area contributed by atoms with Crippen molar-refractivity contribution in [2.75, 3.05) is 0 Å². The molecule has 0 heterocycles. The highest BCUT2D eigenvalue weighted by atomic mass is 16.1. The predicted octanol–water partition coefficient (Wildman–Crippen LogP) is 0.807. The summed E-state index contributed by atoms with van der Waals surface area (Å²) in [4.78, 5) is 10.3. The van der Waals surface area contributed by atoms with Crippen LogP contribution in [0.5, 0.6) is 0 Å². The number of amides is 1. The standard InChI is InChI=1S/C6H10BNO/c1-2-6(3-4-6)8-5(7)9/h2-4H2,1H3,(H,8,9). The second kappa shape index (κ2) is 2.05. The molecule has 0 saturated heterocycles. The normalized spacial score (nSPS) is 21.0. The summed E-state index contributed by atoms with van der Waals surface area (Å²) < 4.78 is 0. The maximum atomic E-state index is 10.3. The van der Waals surface area contributed by atoms with Crippen LogP contribution in [0.25, 0.3) is 0 Å². The molecule has 0 bridgehead atoms. The van der Waals surface area contributed by atoms with Crippen molar-refractivity contribution in [3.8, 4) is 0 Å². The Morgan fingerprint density at radius 3 is 2.44 bits per heavy atom. The van der Waals surface area contributed by atoms with Crippen molar-refractivity contribution in [2.24, 2.45) is 0 Å². The quantitative estimate of drug-likeness (QED) is 0.540. The fourth-order valence-electron chi connectivity index (χ4n) is 0.979. The van der Waals surface area contributed by atoms with Gasteiger partial charge in [-0.3, -0.25) is 4.79 Å². The first-order valence-electron chi connectivity index (χ1n) is 3.26. The highest BCUT2D eigenvalue weighted by molar-refractivity contribution is 6.57. The van der Waals surface area contributed by atoms with E-state index in [1.54, 1.807) is 0 Å². The van der Waals surface area contributed by atoms with E-state index in [9.17, 15) is 4.79 Å². The van der Waals surface area contributed by atoms with Gasteiger partial charge in [-0.2, -0.15) is 0 Å². The summed E-state index contributed by atoms with van der Waals surface area (Å²) >= 11 is 0. The molecule has 48 valence electrons. The summed E-state index contributed by atoms with van der Waals surface area (Å²) in [7, 11) is 4.94. The minimum atomic E-state index is -0.394. The smallest absolute Gasteiger partial charge is 0.200 e. The maximum absolute atomic E-state index is 10.3. The van der Waals surface area contributed by atoms with Gasteiger partial charge in [-0.1, -0.05) is 6.92 Å². The second-order valence-electron chi connectivity index (χ2n) is 2.62. The molecule has 1 N–H and O–H groups in total. The largest absolute Gasteiger partial charge is 0.361 e. The van der Waals surface area contributed by atoms with Crippen LogP contribution >= 0.6 is 0 Å². The molecule has 1 fully saturated rings. The molecule has 9 heavy (non-hydrogen) atoms. The van der Waals surface area contributed by atoms with Crippen molar-refractivity contribution >= 4 is 13.7 Å². The van der Waals surface area contributed by atoms with Crippen molar-refractivity contribution in [1.82, 2.24) is 5.32 Å². The van der Waals surface area contributed by atoms with Gasteiger partial charge in [0.15, 0.2) is 5.81 Å². The van der Waals surface area contributed by atoms with Gasteiger partial charge in [-0.05, 0) is 19.3 Å². The number of carbonyl (C=O) groups is 1. The first kappa shape index (κ1) is 6.65. The third-order valence-corrected chi connectivity index (χ3v) is 1.92. The summed E-state index contributed by atoms with van der Waals surface area (Å²) in [6, 6.07) is 0. The van der Waals surface area contributed by atoms with Gasteiger partial charge in [-0.15, -0.1) is 0 Å². The summed E-state index contributed by atoms with van der Waals surface area (Å²) in [5, 5.41) is 2.72. The van der Waals surface area contributed by atoms with Crippen LogP contribution in [0.3, 0.4) is 0 Å². The lowest BCUT2D eigenvalue weighted by molar-refractivity contribution is 0.254. The number of carbonyl (C=O) groups excluding carboxylic acids is 1. The molecule has 0 spiro atoms. The van der Waals surface area contributed by atoms with E-state index in [1.807, 2.05) is 0 Å². The van der Waals surface area contributed by atoms with E-state index >= 15 is 0 Å². The molecule has 0 aromatic rings. The number of hydrogen-bond donors (Lipinski definition) is 1. The van der Waals surface area contributed by atoms with Crippen LogP contribution in [-0.2, 0) is 0 Å². The van der Waals surface area contributed by atoms with E-state index in [1.165, 1.54) is 0 Å². The minimum absolute atomic E-state index is 0.0891. The SMILES string of the molecule is [B]C(=O)NC1(CC)CC1. The van der Waals surface area contributed by atoms with Crippen LogP contribution in [0, 0.1) is 0 Å². The van der Waals surface area contributed by atoms with Crippen molar-refractivity contribution < 1.29 is 4.79 Å². The molecule has 1 rings (SSSR count). The van der Waals surface area contributed by atoms with Gasteiger partial charge in [0.05, 0.1) is 0 Å². The Balaban J connectivity index is 2.33. The van der Waals surface area contributed by atoms with E-state index in [0.29, 0.717) is 0 Å². The van der Waals surface area contributed by atoms with E-state index in [4.69, 9.17) is 7.85 Å². The lowest BCUT2D eigenvalue weighted by atomic mass is 10.1. The lowest BCUT2D eigenvalue weighted by Crippen LogP contribution is -2.35. The van der Waals surface area contributed by atoms with Crippen molar-refractivity contribution in [2.45, 2.75) is 31.7 Å². The topological polar surface area (TPSA) is 29.1 Å². The molecule has 3 heteroatoms. The molecule has 0 aromatic carbocycles. The van der Waals surface area contributed by atoms with E-state index in [2.05, 4.69) is 12.2 Å². The average molecular weight is 123 g/mol. The Bertz CT molecular complexity index is 131. The van der Waals surface area contributed by atoms with Gasteiger partial charge >= 0.3 is 0 Å². The highest BCUT2D eigenvalue weighted by Gasteiger charge is 2.40. The molecule has 2 nitrogen and oxygen atoms in total. The molecule has 0 aromatic heterocycles. The molecule has 0 unspecified atom stereocenters. The number of hydrogen-bond acceptors (Lipinski definition) is 1. The molecular weight excluding hydrogens is 113 g/mol. The van der Waals surface area contributed by atoms with Crippen molar-refractivity contribution in [3.63, 3.8) is 0 Å². The zero-order chi connectivity index (χ0) is 6.91. The summed E-state index contributed by atoms with van der Waals surface area (Å²) in [5.74, 6) is -0.394. The van der Waals surface area contributed by atoms with Gasteiger partial charge in [0.2, 0.25) is 7.85 Å². The zero-order valence-electron chi connectivity index (χ0n) is 5.61. The van der Waals surface area contributed by atoms with Crippen molar-refractivity contribution in [1.29, 1.82) is 0 Å². The monoisotopic (exact) mass is 123 g/mol. The van der Waals surface area contributed by atoms with E-state index in [0.717, 1.165) is 19.3 Å². The predicted molar refractivity (Wildman–Crippen MR) is 36.5 cm³/mol. The molecule has 1 amide bonds. The van der Waals surface area contributed by atoms with Crippen LogP contribution in [0.4, 0.5) is 4.79 Å². The highest BCUT2D eigenvalue weighted by Crippen LogP contribution is 2.37. The number of rotatable bonds is 2. The third kappa shape index (κ3) is 1.47. The zero-order valence-corrected chi connectivity index (χ0v) is 5.61. The molecule has 2 radical (unpaired) electrons. The minimum Gasteiger partial charge on any atom is -0.361 e. The van der Waals surface area contributed by atoms with Crippen LogP contribution in [-0.4, -0.2) is 19.2 Å². The summed E-state index contributed by atoms with van der Waals surface area (Å²) in [6.45, 7) is 2.06. The fraction of sp³-hybridized carbons (Fsp3) is 0.833. The van der Waals surface area contributed by atoms with Gasteiger partial charge in [-0.25, -0.2) is 0 Å². The van der Waals surface area contributed by atoms with Crippen LogP contribution < -0.4 is 5.32 Å². The molecular formula is C6H10BNO. The van der Waals surface area contributed by atoms with Crippen LogP contribution in [0.15, 0.2) is 0 Å². The first-order valence-corrected chi connectivity index (χ1v) is 3.26. The molecule has 1 aliphatic rings. The van der Waals surface area contributed by atoms with Gasteiger partial charge in [0.25, 0.3) is 0 Å². The van der Waals surface area contributed by atoms with Crippen LogP contribution in [0.2, 0.25) is 0 Å². The Morgan fingerprint density at radius 2 is 2.33 bits per heavy atom. The summed E-state index contributed by atoms with van der Waals surface area (Å²) in [6.07, 6.45) is 3.18. The number of nitrogens with one attached hydrogen (secondary N) is 1. The van der Waals surface area contributed by atoms with Gasteiger partial charge in [0.1, 0.15) is 0 Å². The van der Waals surface area contributed by atoms with Gasteiger partial charge in [0, 0.05) is 5.54 Å². The molecule has 1 saturated carbocycles. The molecule has 0 aliphatic heterocycles.